The lowest BCUT2D eigenvalue weighted by Crippen LogP contribution is -2.27. The maximum absolute atomic E-state index is 12.9. The van der Waals surface area contributed by atoms with E-state index >= 15 is 0 Å². The average Bonchev–Trinajstić information content (AvgIpc) is 2.90. The number of nitrogens with one attached hydrogen (secondary N) is 2. The van der Waals surface area contributed by atoms with Gasteiger partial charge in [0, 0.05) is 6.54 Å². The topological polar surface area (TPSA) is 120 Å². The maximum atomic E-state index is 12.9. The van der Waals surface area contributed by atoms with Gasteiger partial charge in [-0.05, 0) is 54.4 Å². The molecule has 9 heteroatoms. The van der Waals surface area contributed by atoms with E-state index in [-0.39, 0.29) is 30.3 Å². The largest absolute Gasteiger partial charge is 0.497 e. The van der Waals surface area contributed by atoms with Crippen molar-refractivity contribution in [3.05, 3.63) is 99.6 Å². The van der Waals surface area contributed by atoms with Crippen LogP contribution in [0.1, 0.15) is 39.0 Å². The molecule has 9 nitrogen and oxygen atoms in total. The van der Waals surface area contributed by atoms with Gasteiger partial charge in [0.2, 0.25) is 0 Å². The van der Waals surface area contributed by atoms with E-state index in [0.29, 0.717) is 29.2 Å². The highest BCUT2D eigenvalue weighted by Gasteiger charge is 2.15. The molecule has 0 saturated heterocycles. The van der Waals surface area contributed by atoms with Crippen molar-refractivity contribution < 1.29 is 23.8 Å². The SMILES string of the molecule is CCOC(=O)c1ccc(COc2cccc3nc(C(=O)NCc4cccc(OC)c4)[nH]c(=O)c23)cc1. The van der Waals surface area contributed by atoms with Gasteiger partial charge in [-0.3, -0.25) is 9.59 Å². The second-order valence-corrected chi connectivity index (χ2v) is 7.81. The standard InChI is InChI=1S/C27H25N3O6/c1-3-35-27(33)19-12-10-17(11-13-19)16-36-22-9-5-8-21-23(22)25(31)30-24(29-21)26(32)28-15-18-6-4-7-20(14-18)34-2/h4-14H,3,15-16H2,1-2H3,(H,28,32)(H,29,30,31). The number of methoxy groups -OCH3 is 1. The summed E-state index contributed by atoms with van der Waals surface area (Å²) in [6.07, 6.45) is 0. The molecule has 0 radical (unpaired) electrons. The molecule has 0 aliphatic heterocycles. The smallest absolute Gasteiger partial charge is 0.338 e. The number of fused-ring (bicyclic) bond motifs is 1. The van der Waals surface area contributed by atoms with Crippen LogP contribution in [0, 0.1) is 0 Å². The van der Waals surface area contributed by atoms with E-state index in [4.69, 9.17) is 14.2 Å². The summed E-state index contributed by atoms with van der Waals surface area (Å²) >= 11 is 0. The Labute approximate surface area is 207 Å². The first kappa shape index (κ1) is 24.5. The van der Waals surface area contributed by atoms with Crippen LogP contribution >= 0.6 is 0 Å². The molecule has 4 aromatic rings. The first-order valence-electron chi connectivity index (χ1n) is 11.3. The van der Waals surface area contributed by atoms with Crippen LogP contribution < -0.4 is 20.3 Å². The average molecular weight is 488 g/mol. The third-order valence-corrected chi connectivity index (χ3v) is 5.36. The molecule has 0 fully saturated rings. The van der Waals surface area contributed by atoms with Gasteiger partial charge in [-0.15, -0.1) is 0 Å². The lowest BCUT2D eigenvalue weighted by Gasteiger charge is -2.10. The number of hydrogen-bond donors (Lipinski definition) is 2. The number of carbonyl (C=O) groups is 2. The van der Waals surface area contributed by atoms with Crippen molar-refractivity contribution >= 4 is 22.8 Å². The molecule has 184 valence electrons. The molecule has 0 bridgehead atoms. The van der Waals surface area contributed by atoms with Crippen molar-refractivity contribution in [1.29, 1.82) is 0 Å². The van der Waals surface area contributed by atoms with Crippen molar-refractivity contribution in [3.8, 4) is 11.5 Å². The fourth-order valence-electron chi connectivity index (χ4n) is 3.55. The predicted molar refractivity (Wildman–Crippen MR) is 133 cm³/mol. The predicted octanol–water partition coefficient (Wildman–Crippen LogP) is 3.62. The first-order valence-corrected chi connectivity index (χ1v) is 11.3. The van der Waals surface area contributed by atoms with E-state index in [1.807, 2.05) is 24.3 Å². The molecule has 0 saturated carbocycles. The number of H-pyrrole nitrogens is 1. The number of hydrogen-bond acceptors (Lipinski definition) is 7. The Kier molecular flexibility index (Phi) is 7.60. The van der Waals surface area contributed by atoms with Crippen molar-refractivity contribution in [2.45, 2.75) is 20.1 Å². The number of benzene rings is 3. The van der Waals surface area contributed by atoms with E-state index in [1.165, 1.54) is 0 Å². The number of rotatable bonds is 9. The fraction of sp³-hybridized carbons (Fsp3) is 0.185. The molecule has 1 heterocycles. The Morgan fingerprint density at radius 1 is 1.00 bits per heavy atom. The molecule has 0 aliphatic rings. The summed E-state index contributed by atoms with van der Waals surface area (Å²) < 4.78 is 16.0. The summed E-state index contributed by atoms with van der Waals surface area (Å²) in [6.45, 7) is 2.47. The summed E-state index contributed by atoms with van der Waals surface area (Å²) in [6, 6.07) is 19.1. The molecule has 1 amide bonds. The summed E-state index contributed by atoms with van der Waals surface area (Å²) in [5.74, 6) is 0.0208. The van der Waals surface area contributed by atoms with Gasteiger partial charge in [-0.2, -0.15) is 0 Å². The van der Waals surface area contributed by atoms with E-state index in [9.17, 15) is 14.4 Å². The van der Waals surface area contributed by atoms with Gasteiger partial charge in [0.25, 0.3) is 11.5 Å². The molecule has 2 N–H and O–H groups in total. The first-order chi connectivity index (χ1) is 17.5. The zero-order valence-corrected chi connectivity index (χ0v) is 19.9. The normalized spacial score (nSPS) is 10.6. The molecule has 3 aromatic carbocycles. The molecule has 0 spiro atoms. The Balaban J connectivity index is 1.47. The zero-order chi connectivity index (χ0) is 25.5. The monoisotopic (exact) mass is 487 g/mol. The third kappa shape index (κ3) is 5.69. The number of aromatic amines is 1. The van der Waals surface area contributed by atoms with Crippen LogP contribution in [0.15, 0.2) is 71.5 Å². The highest BCUT2D eigenvalue weighted by molar-refractivity contribution is 5.93. The van der Waals surface area contributed by atoms with Crippen LogP contribution in [0.2, 0.25) is 0 Å². The van der Waals surface area contributed by atoms with Crippen molar-refractivity contribution in [1.82, 2.24) is 15.3 Å². The van der Waals surface area contributed by atoms with E-state index in [1.54, 1.807) is 56.5 Å². The molecular formula is C27H25N3O6. The van der Waals surface area contributed by atoms with E-state index < -0.39 is 11.5 Å². The molecule has 4 rings (SSSR count). The zero-order valence-electron chi connectivity index (χ0n) is 19.9. The lowest BCUT2D eigenvalue weighted by molar-refractivity contribution is 0.0526. The fourth-order valence-corrected chi connectivity index (χ4v) is 3.55. The van der Waals surface area contributed by atoms with Crippen LogP contribution in [0.4, 0.5) is 0 Å². The Hall–Kier alpha value is -4.66. The Bertz CT molecular complexity index is 1450. The van der Waals surface area contributed by atoms with Crippen molar-refractivity contribution in [2.24, 2.45) is 0 Å². The summed E-state index contributed by atoms with van der Waals surface area (Å²) in [5, 5.41) is 2.99. The van der Waals surface area contributed by atoms with Crippen LogP contribution in [0.25, 0.3) is 10.9 Å². The van der Waals surface area contributed by atoms with Crippen LogP contribution in [0.3, 0.4) is 0 Å². The second kappa shape index (κ2) is 11.2. The number of carbonyl (C=O) groups excluding carboxylic acids is 2. The van der Waals surface area contributed by atoms with Gasteiger partial charge in [0.1, 0.15) is 23.5 Å². The van der Waals surface area contributed by atoms with Gasteiger partial charge >= 0.3 is 5.97 Å². The number of ether oxygens (including phenoxy) is 3. The molecule has 0 aliphatic carbocycles. The minimum Gasteiger partial charge on any atom is -0.497 e. The summed E-state index contributed by atoms with van der Waals surface area (Å²) in [5.41, 5.74) is 1.94. The number of amides is 1. The molecular weight excluding hydrogens is 462 g/mol. The van der Waals surface area contributed by atoms with Crippen LogP contribution in [-0.2, 0) is 17.9 Å². The highest BCUT2D eigenvalue weighted by Crippen LogP contribution is 2.22. The van der Waals surface area contributed by atoms with Gasteiger partial charge in [0.15, 0.2) is 5.82 Å². The van der Waals surface area contributed by atoms with Gasteiger partial charge in [-0.1, -0.05) is 30.3 Å². The van der Waals surface area contributed by atoms with Gasteiger partial charge < -0.3 is 24.5 Å². The lowest BCUT2D eigenvalue weighted by atomic mass is 10.1. The van der Waals surface area contributed by atoms with Gasteiger partial charge in [0.05, 0.1) is 24.8 Å². The number of nitrogens with zero attached hydrogens (tertiary/aromatic N) is 1. The minimum absolute atomic E-state index is 0.0953. The maximum Gasteiger partial charge on any atom is 0.338 e. The third-order valence-electron chi connectivity index (χ3n) is 5.36. The van der Waals surface area contributed by atoms with Gasteiger partial charge in [-0.25, -0.2) is 9.78 Å². The van der Waals surface area contributed by atoms with E-state index in [2.05, 4.69) is 15.3 Å². The Morgan fingerprint density at radius 2 is 1.78 bits per heavy atom. The Morgan fingerprint density at radius 3 is 2.53 bits per heavy atom. The molecule has 1 aromatic heterocycles. The summed E-state index contributed by atoms with van der Waals surface area (Å²) in [4.78, 5) is 44.2. The molecule has 36 heavy (non-hydrogen) atoms. The van der Waals surface area contributed by atoms with Crippen LogP contribution in [-0.4, -0.2) is 35.6 Å². The van der Waals surface area contributed by atoms with Crippen LogP contribution in [0.5, 0.6) is 11.5 Å². The quantitative estimate of drug-likeness (QED) is 0.346. The second-order valence-electron chi connectivity index (χ2n) is 7.81. The van der Waals surface area contributed by atoms with E-state index in [0.717, 1.165) is 11.1 Å². The van der Waals surface area contributed by atoms with Crippen molar-refractivity contribution in [3.63, 3.8) is 0 Å². The van der Waals surface area contributed by atoms with Crippen molar-refractivity contribution in [2.75, 3.05) is 13.7 Å². The summed E-state index contributed by atoms with van der Waals surface area (Å²) in [7, 11) is 1.57. The highest BCUT2D eigenvalue weighted by atomic mass is 16.5. The molecule has 0 unspecified atom stereocenters. The number of esters is 1. The molecule has 0 atom stereocenters. The minimum atomic E-state index is -0.509. The number of aromatic nitrogens is 2.